The molecule has 2 aromatic rings. The Balaban J connectivity index is 2.79. The highest BCUT2D eigenvalue weighted by Crippen LogP contribution is 2.18. The van der Waals surface area contributed by atoms with Crippen molar-refractivity contribution in [2.45, 2.75) is 0 Å². The van der Waals surface area contributed by atoms with Crippen molar-refractivity contribution in [2.24, 2.45) is 0 Å². The Labute approximate surface area is 63.2 Å². The summed E-state index contributed by atoms with van der Waals surface area (Å²) in [6.07, 6.45) is 3.43. The Morgan fingerprint density at radius 2 is 2.45 bits per heavy atom. The van der Waals surface area contributed by atoms with Crippen LogP contribution in [0.4, 0.5) is 0 Å². The molecule has 0 aliphatic rings. The van der Waals surface area contributed by atoms with Crippen LogP contribution in [0, 0.1) is 0 Å². The van der Waals surface area contributed by atoms with Crippen LogP contribution in [0.2, 0.25) is 0 Å². The number of hydrogen-bond donors (Lipinski definition) is 1. The summed E-state index contributed by atoms with van der Waals surface area (Å²) in [5, 5.41) is 7.68. The molecule has 0 aliphatic heterocycles. The van der Waals surface area contributed by atoms with Crippen LogP contribution >= 0.6 is 0 Å². The Kier molecular flexibility index (Phi) is 1.25. The minimum Gasteiger partial charge on any atom is -0.479 e. The Morgan fingerprint density at radius 3 is 3.27 bits per heavy atom. The number of methoxy groups -OCH3 is 1. The van der Waals surface area contributed by atoms with Gasteiger partial charge in [-0.3, -0.25) is 5.10 Å². The maximum Gasteiger partial charge on any atom is 0.239 e. The number of ether oxygens (including phenoxy) is 1. The number of pyridine rings is 1. The monoisotopic (exact) mass is 149 g/mol. The van der Waals surface area contributed by atoms with Gasteiger partial charge in [-0.25, -0.2) is 4.98 Å². The van der Waals surface area contributed by atoms with E-state index in [-0.39, 0.29) is 0 Å². The average Bonchev–Trinajstić information content (AvgIpc) is 2.50. The molecule has 56 valence electrons. The minimum absolute atomic E-state index is 0.583. The van der Waals surface area contributed by atoms with E-state index in [9.17, 15) is 0 Å². The van der Waals surface area contributed by atoms with Crippen molar-refractivity contribution in [2.75, 3.05) is 7.11 Å². The molecule has 2 rings (SSSR count). The highest BCUT2D eigenvalue weighted by Gasteiger charge is 2.01. The summed E-state index contributed by atoms with van der Waals surface area (Å²) in [7, 11) is 1.59. The summed E-state index contributed by atoms with van der Waals surface area (Å²) in [6, 6.07) is 1.88. The largest absolute Gasteiger partial charge is 0.479 e. The van der Waals surface area contributed by atoms with E-state index in [0.29, 0.717) is 5.88 Å². The van der Waals surface area contributed by atoms with Crippen LogP contribution in [0.3, 0.4) is 0 Å². The standard InChI is InChI=1S/C7H7N3O/c1-11-7-6-5(2-3-8-7)4-9-10-6/h2-4H,1H3,(H,9,10). The van der Waals surface area contributed by atoms with Gasteiger partial charge in [0.15, 0.2) is 0 Å². The zero-order valence-corrected chi connectivity index (χ0v) is 6.03. The van der Waals surface area contributed by atoms with Crippen LogP contribution in [0.5, 0.6) is 5.88 Å². The lowest BCUT2D eigenvalue weighted by Crippen LogP contribution is -1.87. The van der Waals surface area contributed by atoms with Crippen molar-refractivity contribution in [1.29, 1.82) is 0 Å². The fourth-order valence-corrected chi connectivity index (χ4v) is 0.998. The summed E-state index contributed by atoms with van der Waals surface area (Å²) >= 11 is 0. The minimum atomic E-state index is 0.583. The van der Waals surface area contributed by atoms with Gasteiger partial charge in [0.25, 0.3) is 0 Å². The maximum absolute atomic E-state index is 5.00. The third-order valence-electron chi connectivity index (χ3n) is 1.52. The highest BCUT2D eigenvalue weighted by molar-refractivity contribution is 5.81. The van der Waals surface area contributed by atoms with Crippen LogP contribution in [0.1, 0.15) is 0 Å². The van der Waals surface area contributed by atoms with E-state index in [0.717, 1.165) is 10.9 Å². The molecule has 0 aliphatic carbocycles. The molecule has 0 spiro atoms. The smallest absolute Gasteiger partial charge is 0.239 e. The third-order valence-corrected chi connectivity index (χ3v) is 1.52. The molecule has 0 bridgehead atoms. The van der Waals surface area contributed by atoms with Crippen molar-refractivity contribution in [1.82, 2.24) is 15.2 Å². The van der Waals surface area contributed by atoms with Crippen molar-refractivity contribution < 1.29 is 4.74 Å². The fourth-order valence-electron chi connectivity index (χ4n) is 0.998. The lowest BCUT2D eigenvalue weighted by atomic mass is 10.3. The molecule has 0 aromatic carbocycles. The Bertz CT molecular complexity index is 368. The number of nitrogens with zero attached hydrogens (tertiary/aromatic N) is 2. The first kappa shape index (κ1) is 6.15. The predicted molar refractivity (Wildman–Crippen MR) is 40.4 cm³/mol. The molecule has 1 N–H and O–H groups in total. The third kappa shape index (κ3) is 0.832. The lowest BCUT2D eigenvalue weighted by Gasteiger charge is -1.96. The molecule has 2 heterocycles. The van der Waals surface area contributed by atoms with Crippen molar-refractivity contribution in [3.63, 3.8) is 0 Å². The molecular weight excluding hydrogens is 142 g/mol. The SMILES string of the molecule is COc1nccc2cn[nH]c12. The molecule has 0 unspecified atom stereocenters. The molecule has 0 saturated carbocycles. The molecule has 4 nitrogen and oxygen atoms in total. The Hall–Kier alpha value is -1.58. The number of fused-ring (bicyclic) bond motifs is 1. The van der Waals surface area contributed by atoms with E-state index < -0.39 is 0 Å². The number of nitrogens with one attached hydrogen (secondary N) is 1. The number of H-pyrrole nitrogens is 1. The van der Waals surface area contributed by atoms with Crippen LogP contribution in [0.15, 0.2) is 18.5 Å². The van der Waals surface area contributed by atoms with E-state index in [2.05, 4.69) is 15.2 Å². The van der Waals surface area contributed by atoms with Gasteiger partial charge in [-0.2, -0.15) is 5.10 Å². The van der Waals surface area contributed by atoms with Crippen molar-refractivity contribution >= 4 is 10.9 Å². The Morgan fingerprint density at radius 1 is 1.55 bits per heavy atom. The number of hydrogen-bond acceptors (Lipinski definition) is 3. The summed E-state index contributed by atoms with van der Waals surface area (Å²) in [6.45, 7) is 0. The maximum atomic E-state index is 5.00. The van der Waals surface area contributed by atoms with E-state index in [1.165, 1.54) is 0 Å². The molecule has 0 atom stereocenters. The van der Waals surface area contributed by atoms with Gasteiger partial charge in [0.1, 0.15) is 5.52 Å². The van der Waals surface area contributed by atoms with Gasteiger partial charge in [0, 0.05) is 11.6 Å². The van der Waals surface area contributed by atoms with Crippen LogP contribution in [-0.2, 0) is 0 Å². The zero-order chi connectivity index (χ0) is 7.68. The molecule has 4 heteroatoms. The molecule has 11 heavy (non-hydrogen) atoms. The quantitative estimate of drug-likeness (QED) is 0.657. The van der Waals surface area contributed by atoms with Gasteiger partial charge in [-0.05, 0) is 6.07 Å². The first-order valence-electron chi connectivity index (χ1n) is 3.24. The first-order valence-corrected chi connectivity index (χ1v) is 3.24. The molecule has 0 radical (unpaired) electrons. The number of aromatic nitrogens is 3. The summed E-state index contributed by atoms with van der Waals surface area (Å²) in [5.74, 6) is 0.583. The van der Waals surface area contributed by atoms with Crippen LogP contribution in [0.25, 0.3) is 10.9 Å². The van der Waals surface area contributed by atoms with Crippen LogP contribution in [-0.4, -0.2) is 22.3 Å². The van der Waals surface area contributed by atoms with Gasteiger partial charge < -0.3 is 4.74 Å². The van der Waals surface area contributed by atoms with Crippen LogP contribution < -0.4 is 4.74 Å². The topological polar surface area (TPSA) is 50.8 Å². The van der Waals surface area contributed by atoms with Crippen molar-refractivity contribution in [3.05, 3.63) is 18.5 Å². The van der Waals surface area contributed by atoms with Gasteiger partial charge in [0.2, 0.25) is 5.88 Å². The molecule has 2 aromatic heterocycles. The normalized spacial score (nSPS) is 10.3. The average molecular weight is 149 g/mol. The second-order valence-electron chi connectivity index (χ2n) is 2.15. The summed E-state index contributed by atoms with van der Waals surface area (Å²) in [4.78, 5) is 4.00. The lowest BCUT2D eigenvalue weighted by molar-refractivity contribution is 0.402. The molecule has 0 fully saturated rings. The highest BCUT2D eigenvalue weighted by atomic mass is 16.5. The summed E-state index contributed by atoms with van der Waals surface area (Å²) < 4.78 is 5.00. The van der Waals surface area contributed by atoms with E-state index in [4.69, 9.17) is 4.74 Å². The van der Waals surface area contributed by atoms with E-state index in [1.54, 1.807) is 19.5 Å². The van der Waals surface area contributed by atoms with Gasteiger partial charge in [-0.15, -0.1) is 0 Å². The van der Waals surface area contributed by atoms with Crippen molar-refractivity contribution in [3.8, 4) is 5.88 Å². The first-order chi connectivity index (χ1) is 5.42. The second kappa shape index (κ2) is 2.23. The molecule has 0 amide bonds. The molecular formula is C7H7N3O. The molecule has 0 saturated heterocycles. The summed E-state index contributed by atoms with van der Waals surface area (Å²) in [5.41, 5.74) is 0.843. The number of aromatic amines is 1. The van der Waals surface area contributed by atoms with Gasteiger partial charge in [0.05, 0.1) is 13.3 Å². The second-order valence-corrected chi connectivity index (χ2v) is 2.15. The van der Waals surface area contributed by atoms with Gasteiger partial charge >= 0.3 is 0 Å². The predicted octanol–water partition coefficient (Wildman–Crippen LogP) is 0.966. The van der Waals surface area contributed by atoms with Gasteiger partial charge in [-0.1, -0.05) is 0 Å². The zero-order valence-electron chi connectivity index (χ0n) is 6.03. The fraction of sp³-hybridized carbons (Fsp3) is 0.143. The van der Waals surface area contributed by atoms with E-state index in [1.807, 2.05) is 6.07 Å². The number of rotatable bonds is 1. The van der Waals surface area contributed by atoms with E-state index >= 15 is 0 Å².